The van der Waals surface area contributed by atoms with Gasteiger partial charge in [-0.1, -0.05) is 13.8 Å². The Morgan fingerprint density at radius 2 is 2.17 bits per heavy atom. The summed E-state index contributed by atoms with van der Waals surface area (Å²) < 4.78 is 0.967. The van der Waals surface area contributed by atoms with Crippen LogP contribution >= 0.6 is 22.6 Å². The summed E-state index contributed by atoms with van der Waals surface area (Å²) in [6.07, 6.45) is 2.17. The summed E-state index contributed by atoms with van der Waals surface area (Å²) in [5, 5.41) is 9.84. The van der Waals surface area contributed by atoms with Gasteiger partial charge >= 0.3 is 0 Å². The molecule has 0 spiro atoms. The number of phenols is 1. The second-order valence-corrected chi connectivity index (χ2v) is 6.49. The Hall–Kier alpha value is -0.780. The molecule has 0 unspecified atom stereocenters. The maximum absolute atomic E-state index is 12.5. The normalized spacial score (nSPS) is 14.9. The number of amides is 1. The Bertz CT molecular complexity index is 455. The van der Waals surface area contributed by atoms with Crippen LogP contribution in [0.1, 0.15) is 37.0 Å². The molecule has 0 radical (unpaired) electrons. The monoisotopic (exact) mass is 359 g/mol. The smallest absolute Gasteiger partial charge is 0.257 e. The number of carbonyl (C=O) groups excluding carboxylic acids is 1. The van der Waals surface area contributed by atoms with Crippen LogP contribution in [0, 0.1) is 9.49 Å². The number of aromatic hydroxyl groups is 1. The first-order valence-electron chi connectivity index (χ1n) is 6.28. The van der Waals surface area contributed by atoms with Gasteiger partial charge in [0.2, 0.25) is 0 Å². The van der Waals surface area contributed by atoms with Gasteiger partial charge in [-0.15, -0.1) is 0 Å². The number of phenolic OH excluding ortho intramolecular Hbond substituents is 1. The maximum Gasteiger partial charge on any atom is 0.257 e. The van der Waals surface area contributed by atoms with E-state index in [1.54, 1.807) is 18.2 Å². The predicted octanol–water partition coefficient (Wildman–Crippen LogP) is 3.26. The second-order valence-electron chi connectivity index (χ2n) is 5.24. The fourth-order valence-corrected chi connectivity index (χ4v) is 2.50. The number of hydrogen-bond acceptors (Lipinski definition) is 2. The van der Waals surface area contributed by atoms with Crippen LogP contribution in [-0.2, 0) is 0 Å². The quantitative estimate of drug-likeness (QED) is 0.839. The van der Waals surface area contributed by atoms with E-state index in [9.17, 15) is 9.90 Å². The van der Waals surface area contributed by atoms with E-state index in [0.29, 0.717) is 17.5 Å². The van der Waals surface area contributed by atoms with Crippen LogP contribution in [0.15, 0.2) is 18.2 Å². The lowest BCUT2D eigenvalue weighted by atomic mass is 10.1. The Balaban J connectivity index is 2.24. The van der Waals surface area contributed by atoms with Gasteiger partial charge in [-0.05, 0) is 59.5 Å². The molecule has 1 amide bonds. The highest BCUT2D eigenvalue weighted by atomic mass is 127. The summed E-state index contributed by atoms with van der Waals surface area (Å²) in [5.74, 6) is 0.483. The SMILES string of the molecule is CC(C)CN(C(=O)c1cc(I)ccc1O)C1CC1. The van der Waals surface area contributed by atoms with Crippen molar-refractivity contribution in [3.63, 3.8) is 0 Å². The molecule has 0 atom stereocenters. The molecular formula is C14H18INO2. The third-order valence-electron chi connectivity index (χ3n) is 3.00. The Morgan fingerprint density at radius 1 is 1.50 bits per heavy atom. The number of halogens is 1. The standard InChI is InChI=1S/C14H18INO2/c1-9(2)8-16(11-4-5-11)14(18)12-7-10(15)3-6-13(12)17/h3,6-7,9,11,17H,4-5,8H2,1-2H3. The van der Waals surface area contributed by atoms with E-state index in [1.807, 2.05) is 4.90 Å². The van der Waals surface area contributed by atoms with Crippen LogP contribution < -0.4 is 0 Å². The van der Waals surface area contributed by atoms with E-state index in [4.69, 9.17) is 0 Å². The summed E-state index contributed by atoms with van der Waals surface area (Å²) in [6.45, 7) is 4.98. The van der Waals surface area contributed by atoms with E-state index in [1.165, 1.54) is 0 Å². The first kappa shape index (κ1) is 13.6. The molecule has 2 rings (SSSR count). The van der Waals surface area contributed by atoms with Gasteiger partial charge in [0.25, 0.3) is 5.91 Å². The van der Waals surface area contributed by atoms with Crippen molar-refractivity contribution in [1.82, 2.24) is 4.90 Å². The molecule has 0 heterocycles. The van der Waals surface area contributed by atoms with Crippen molar-refractivity contribution < 1.29 is 9.90 Å². The van der Waals surface area contributed by atoms with Crippen LogP contribution in [-0.4, -0.2) is 28.5 Å². The van der Waals surface area contributed by atoms with Crippen molar-refractivity contribution in [2.45, 2.75) is 32.7 Å². The van der Waals surface area contributed by atoms with E-state index in [0.717, 1.165) is 23.0 Å². The number of carbonyl (C=O) groups is 1. The number of benzene rings is 1. The molecule has 1 saturated carbocycles. The molecule has 98 valence electrons. The molecule has 0 bridgehead atoms. The zero-order valence-corrected chi connectivity index (χ0v) is 12.8. The first-order chi connectivity index (χ1) is 8.49. The van der Waals surface area contributed by atoms with Gasteiger partial charge in [0.05, 0.1) is 5.56 Å². The summed E-state index contributed by atoms with van der Waals surface area (Å²) in [4.78, 5) is 14.4. The molecule has 0 saturated heterocycles. The molecule has 0 aliphatic heterocycles. The molecule has 4 heteroatoms. The highest BCUT2D eigenvalue weighted by Crippen LogP contribution is 2.31. The molecule has 3 nitrogen and oxygen atoms in total. The Kier molecular flexibility index (Phi) is 4.14. The van der Waals surface area contributed by atoms with Crippen molar-refractivity contribution in [2.75, 3.05) is 6.54 Å². The zero-order chi connectivity index (χ0) is 13.3. The second kappa shape index (κ2) is 5.47. The minimum absolute atomic E-state index is 0.0396. The highest BCUT2D eigenvalue weighted by molar-refractivity contribution is 14.1. The fraction of sp³-hybridized carbons (Fsp3) is 0.500. The average molecular weight is 359 g/mol. The topological polar surface area (TPSA) is 40.5 Å². The first-order valence-corrected chi connectivity index (χ1v) is 7.36. The average Bonchev–Trinajstić information content (AvgIpc) is 3.12. The molecular weight excluding hydrogens is 341 g/mol. The molecule has 1 N–H and O–H groups in total. The van der Waals surface area contributed by atoms with Gasteiger partial charge in [-0.25, -0.2) is 0 Å². The largest absolute Gasteiger partial charge is 0.507 e. The minimum atomic E-state index is -0.0396. The van der Waals surface area contributed by atoms with Crippen molar-refractivity contribution in [3.05, 3.63) is 27.3 Å². The third-order valence-corrected chi connectivity index (χ3v) is 3.67. The van der Waals surface area contributed by atoms with Gasteiger partial charge in [0.1, 0.15) is 5.75 Å². The van der Waals surface area contributed by atoms with Crippen molar-refractivity contribution >= 4 is 28.5 Å². The van der Waals surface area contributed by atoms with Gasteiger partial charge in [0, 0.05) is 16.2 Å². The summed E-state index contributed by atoms with van der Waals surface area (Å²) >= 11 is 2.16. The van der Waals surface area contributed by atoms with Crippen LogP contribution in [0.25, 0.3) is 0 Å². The number of nitrogens with zero attached hydrogens (tertiary/aromatic N) is 1. The zero-order valence-electron chi connectivity index (χ0n) is 10.7. The fourth-order valence-electron chi connectivity index (χ4n) is 2.01. The van der Waals surface area contributed by atoms with Crippen molar-refractivity contribution in [2.24, 2.45) is 5.92 Å². The summed E-state index contributed by atoms with van der Waals surface area (Å²) in [6, 6.07) is 5.53. The molecule has 1 aliphatic rings. The van der Waals surface area contributed by atoms with Crippen LogP contribution in [0.5, 0.6) is 5.75 Å². The van der Waals surface area contributed by atoms with Crippen molar-refractivity contribution in [3.8, 4) is 5.75 Å². The molecule has 1 aromatic carbocycles. The molecule has 1 fully saturated rings. The number of rotatable bonds is 4. The molecule has 18 heavy (non-hydrogen) atoms. The van der Waals surface area contributed by atoms with E-state index in [-0.39, 0.29) is 11.7 Å². The predicted molar refractivity (Wildman–Crippen MR) is 79.7 cm³/mol. The molecule has 0 aromatic heterocycles. The lowest BCUT2D eigenvalue weighted by Crippen LogP contribution is -2.36. The summed E-state index contributed by atoms with van der Waals surface area (Å²) in [7, 11) is 0. The third kappa shape index (κ3) is 3.16. The van der Waals surface area contributed by atoms with Gasteiger partial charge < -0.3 is 10.0 Å². The lowest BCUT2D eigenvalue weighted by Gasteiger charge is -2.25. The minimum Gasteiger partial charge on any atom is -0.507 e. The highest BCUT2D eigenvalue weighted by Gasteiger charge is 2.34. The van der Waals surface area contributed by atoms with Crippen molar-refractivity contribution in [1.29, 1.82) is 0 Å². The van der Waals surface area contributed by atoms with E-state index in [2.05, 4.69) is 36.4 Å². The molecule has 1 aliphatic carbocycles. The number of hydrogen-bond donors (Lipinski definition) is 1. The maximum atomic E-state index is 12.5. The van der Waals surface area contributed by atoms with Gasteiger partial charge in [0.15, 0.2) is 0 Å². The Labute approximate surface area is 121 Å². The van der Waals surface area contributed by atoms with E-state index >= 15 is 0 Å². The Morgan fingerprint density at radius 3 is 2.72 bits per heavy atom. The lowest BCUT2D eigenvalue weighted by molar-refractivity contribution is 0.0719. The van der Waals surface area contributed by atoms with Crippen LogP contribution in [0.3, 0.4) is 0 Å². The van der Waals surface area contributed by atoms with Crippen LogP contribution in [0.2, 0.25) is 0 Å². The van der Waals surface area contributed by atoms with Crippen LogP contribution in [0.4, 0.5) is 0 Å². The van der Waals surface area contributed by atoms with Gasteiger partial charge in [-0.2, -0.15) is 0 Å². The molecule has 1 aromatic rings. The van der Waals surface area contributed by atoms with Gasteiger partial charge in [-0.3, -0.25) is 4.79 Å². The summed E-state index contributed by atoms with van der Waals surface area (Å²) in [5.41, 5.74) is 0.425. The van der Waals surface area contributed by atoms with E-state index < -0.39 is 0 Å².